The van der Waals surface area contributed by atoms with Gasteiger partial charge in [-0.1, -0.05) is 159 Å². The van der Waals surface area contributed by atoms with Crippen molar-refractivity contribution in [2.24, 2.45) is 0 Å². The molecule has 0 bridgehead atoms. The number of nitrogens with zero attached hydrogens (tertiary/aromatic N) is 1. The largest absolute Gasteiger partial charge is 0.456 e. The zero-order chi connectivity index (χ0) is 35.5. The van der Waals surface area contributed by atoms with E-state index in [9.17, 15) is 0 Å². The van der Waals surface area contributed by atoms with Crippen LogP contribution in [0.15, 0.2) is 192 Å². The van der Waals surface area contributed by atoms with Gasteiger partial charge in [0.1, 0.15) is 11.2 Å². The molecular formula is C51H37NO. The summed E-state index contributed by atoms with van der Waals surface area (Å²) in [4.78, 5) is 2.47. The van der Waals surface area contributed by atoms with Gasteiger partial charge in [0, 0.05) is 22.1 Å². The molecule has 8 aromatic carbocycles. The number of rotatable bonds is 6. The van der Waals surface area contributed by atoms with Crippen molar-refractivity contribution in [3.63, 3.8) is 0 Å². The third kappa shape index (κ3) is 5.02. The molecule has 9 aromatic rings. The molecule has 0 unspecified atom stereocenters. The predicted molar refractivity (Wildman–Crippen MR) is 222 cm³/mol. The first-order valence-corrected chi connectivity index (χ1v) is 18.4. The molecular weight excluding hydrogens is 643 g/mol. The summed E-state index contributed by atoms with van der Waals surface area (Å²) in [5.74, 6) is 0. The number of furan rings is 1. The number of anilines is 3. The molecule has 0 N–H and O–H groups in total. The smallest absolute Gasteiger partial charge is 0.137 e. The highest BCUT2D eigenvalue weighted by Crippen LogP contribution is 2.53. The van der Waals surface area contributed by atoms with Gasteiger partial charge in [0.15, 0.2) is 0 Å². The van der Waals surface area contributed by atoms with Gasteiger partial charge in [-0.05, 0) is 92.5 Å². The van der Waals surface area contributed by atoms with Crippen molar-refractivity contribution in [1.29, 1.82) is 0 Å². The Morgan fingerprint density at radius 3 is 1.87 bits per heavy atom. The van der Waals surface area contributed by atoms with Gasteiger partial charge >= 0.3 is 0 Å². The zero-order valence-corrected chi connectivity index (χ0v) is 29.8. The molecule has 0 atom stereocenters. The lowest BCUT2D eigenvalue weighted by Gasteiger charge is -2.31. The summed E-state index contributed by atoms with van der Waals surface area (Å²) in [7, 11) is 0. The molecule has 2 nitrogen and oxygen atoms in total. The average Bonchev–Trinajstić information content (AvgIpc) is 3.71. The van der Waals surface area contributed by atoms with Crippen molar-refractivity contribution in [1.82, 2.24) is 0 Å². The molecule has 1 aromatic heterocycles. The van der Waals surface area contributed by atoms with Crippen LogP contribution in [0.25, 0.3) is 66.4 Å². The van der Waals surface area contributed by atoms with Crippen molar-refractivity contribution >= 4 is 39.0 Å². The molecule has 1 heterocycles. The fourth-order valence-electron chi connectivity index (χ4n) is 8.55. The molecule has 53 heavy (non-hydrogen) atoms. The molecule has 2 heteroatoms. The van der Waals surface area contributed by atoms with Crippen molar-refractivity contribution < 1.29 is 4.42 Å². The fraction of sp³-hybridized carbons (Fsp3) is 0.0588. The zero-order valence-electron chi connectivity index (χ0n) is 29.8. The van der Waals surface area contributed by atoms with Crippen LogP contribution in [-0.2, 0) is 5.41 Å². The lowest BCUT2D eigenvalue weighted by molar-refractivity contribution is 0.660. The van der Waals surface area contributed by atoms with Gasteiger partial charge in [-0.15, -0.1) is 0 Å². The van der Waals surface area contributed by atoms with Crippen molar-refractivity contribution in [2.75, 3.05) is 4.90 Å². The van der Waals surface area contributed by atoms with Gasteiger partial charge in [0.25, 0.3) is 0 Å². The minimum absolute atomic E-state index is 0.152. The Morgan fingerprint density at radius 1 is 0.415 bits per heavy atom. The number of para-hydroxylation sites is 1. The molecule has 0 amide bonds. The third-order valence-electron chi connectivity index (χ3n) is 11.1. The van der Waals surface area contributed by atoms with Gasteiger partial charge in [0.05, 0.1) is 16.8 Å². The van der Waals surface area contributed by atoms with Crippen LogP contribution in [0, 0.1) is 0 Å². The van der Waals surface area contributed by atoms with Crippen molar-refractivity contribution in [3.05, 3.63) is 199 Å². The maximum Gasteiger partial charge on any atom is 0.137 e. The number of hydrogen-bond acceptors (Lipinski definition) is 2. The second-order valence-corrected chi connectivity index (χ2v) is 14.5. The van der Waals surface area contributed by atoms with Gasteiger partial charge in [0.2, 0.25) is 0 Å². The van der Waals surface area contributed by atoms with Crippen molar-refractivity contribution in [3.8, 4) is 44.5 Å². The second kappa shape index (κ2) is 12.3. The third-order valence-corrected chi connectivity index (χ3v) is 11.1. The van der Waals surface area contributed by atoms with E-state index >= 15 is 0 Å². The average molecular weight is 680 g/mol. The summed E-state index contributed by atoms with van der Waals surface area (Å²) in [5.41, 5.74) is 17.3. The second-order valence-electron chi connectivity index (χ2n) is 14.5. The van der Waals surface area contributed by atoms with Crippen LogP contribution in [0.3, 0.4) is 0 Å². The fourth-order valence-corrected chi connectivity index (χ4v) is 8.55. The minimum Gasteiger partial charge on any atom is -0.456 e. The van der Waals surface area contributed by atoms with Crippen LogP contribution in [0.4, 0.5) is 17.1 Å². The summed E-state index contributed by atoms with van der Waals surface area (Å²) < 4.78 is 6.51. The normalized spacial score (nSPS) is 12.9. The highest BCUT2D eigenvalue weighted by atomic mass is 16.3. The van der Waals surface area contributed by atoms with Gasteiger partial charge in [-0.25, -0.2) is 0 Å². The van der Waals surface area contributed by atoms with Crippen LogP contribution in [0.1, 0.15) is 25.0 Å². The number of benzene rings is 8. The first-order valence-electron chi connectivity index (χ1n) is 18.4. The van der Waals surface area contributed by atoms with Crippen LogP contribution >= 0.6 is 0 Å². The first kappa shape index (κ1) is 31.1. The summed E-state index contributed by atoms with van der Waals surface area (Å²) in [6.45, 7) is 4.71. The lowest BCUT2D eigenvalue weighted by atomic mass is 9.82. The highest BCUT2D eigenvalue weighted by Gasteiger charge is 2.36. The van der Waals surface area contributed by atoms with E-state index in [0.29, 0.717) is 0 Å². The van der Waals surface area contributed by atoms with Gasteiger partial charge < -0.3 is 9.32 Å². The Labute approximate surface area is 310 Å². The van der Waals surface area contributed by atoms with E-state index in [-0.39, 0.29) is 5.41 Å². The monoisotopic (exact) mass is 679 g/mol. The topological polar surface area (TPSA) is 16.4 Å². The summed E-state index contributed by atoms with van der Waals surface area (Å²) in [6, 6.07) is 67.9. The maximum atomic E-state index is 6.51. The molecule has 0 aliphatic heterocycles. The minimum atomic E-state index is -0.152. The summed E-state index contributed by atoms with van der Waals surface area (Å²) in [6.07, 6.45) is 0. The SMILES string of the molecule is CC1(C)c2ccccc2-c2ccc(N(c3cccc(-c4ccccc4)c3-c3cccc(-c4ccccc4)c3)c3cccc4oc5ccccc5c34)cc21. The predicted octanol–water partition coefficient (Wildman–Crippen LogP) is 14.4. The van der Waals surface area contributed by atoms with Crippen LogP contribution in [0.2, 0.25) is 0 Å². The van der Waals surface area contributed by atoms with E-state index < -0.39 is 0 Å². The number of fused-ring (bicyclic) bond motifs is 6. The summed E-state index contributed by atoms with van der Waals surface area (Å²) >= 11 is 0. The van der Waals surface area contributed by atoms with Crippen LogP contribution in [-0.4, -0.2) is 0 Å². The Morgan fingerprint density at radius 2 is 1.02 bits per heavy atom. The molecule has 0 fully saturated rings. The molecule has 252 valence electrons. The molecule has 0 spiro atoms. The Balaban J connectivity index is 1.29. The van der Waals surface area contributed by atoms with E-state index in [1.807, 2.05) is 6.07 Å². The van der Waals surface area contributed by atoms with Crippen molar-refractivity contribution in [2.45, 2.75) is 19.3 Å². The molecule has 0 saturated heterocycles. The Kier molecular flexibility index (Phi) is 7.19. The Hall–Kier alpha value is -6.64. The lowest BCUT2D eigenvalue weighted by Crippen LogP contribution is -2.17. The molecule has 0 saturated carbocycles. The van der Waals surface area contributed by atoms with Crippen LogP contribution < -0.4 is 4.90 Å². The molecule has 1 aliphatic rings. The highest BCUT2D eigenvalue weighted by molar-refractivity contribution is 6.14. The van der Waals surface area contributed by atoms with Gasteiger partial charge in [-0.2, -0.15) is 0 Å². The van der Waals surface area contributed by atoms with Crippen LogP contribution in [0.5, 0.6) is 0 Å². The summed E-state index contributed by atoms with van der Waals surface area (Å²) in [5, 5.41) is 2.20. The van der Waals surface area contributed by atoms with E-state index in [1.165, 1.54) is 50.1 Å². The van der Waals surface area contributed by atoms with Gasteiger partial charge in [-0.3, -0.25) is 0 Å². The number of hydrogen-bond donors (Lipinski definition) is 0. The van der Waals surface area contributed by atoms with E-state index in [1.54, 1.807) is 0 Å². The van der Waals surface area contributed by atoms with E-state index in [4.69, 9.17) is 4.42 Å². The molecule has 0 radical (unpaired) electrons. The molecule has 10 rings (SSSR count). The molecule has 1 aliphatic carbocycles. The standard InChI is InChI=1S/C51H37NO/c1-51(2)43-25-11-9-22-40(43)41-31-30-38(33-44(41)51)52(46-27-15-29-48-50(46)42-23-10-12-28-47(42)53-48)45-26-14-24-39(35-18-7-4-8-19-35)49(45)37-21-13-20-36(32-37)34-16-5-3-6-17-34/h3-33H,1-2H3. The van der Waals surface area contributed by atoms with E-state index in [0.717, 1.165) is 44.6 Å². The van der Waals surface area contributed by atoms with E-state index in [2.05, 4.69) is 201 Å². The maximum absolute atomic E-state index is 6.51. The quantitative estimate of drug-likeness (QED) is 0.174. The first-order chi connectivity index (χ1) is 26.1. The Bertz CT molecular complexity index is 2810.